The van der Waals surface area contributed by atoms with Crippen molar-refractivity contribution in [1.82, 2.24) is 14.9 Å². The Hall–Kier alpha value is -2.83. The highest BCUT2D eigenvalue weighted by Crippen LogP contribution is 2.33. The number of halogens is 1. The largest absolute Gasteiger partial charge is 0.457 e. The quantitative estimate of drug-likeness (QED) is 0.575. The van der Waals surface area contributed by atoms with E-state index in [9.17, 15) is 0 Å². The summed E-state index contributed by atoms with van der Waals surface area (Å²) >= 11 is 6.21. The van der Waals surface area contributed by atoms with Crippen LogP contribution in [0.15, 0.2) is 61.2 Å². The molecule has 1 aromatic carbocycles. The number of ether oxygens (including phenoxy) is 2. The van der Waals surface area contributed by atoms with Gasteiger partial charge in [-0.15, -0.1) is 0 Å². The third kappa shape index (κ3) is 4.18. The highest BCUT2D eigenvalue weighted by molar-refractivity contribution is 6.35. The first-order chi connectivity index (χ1) is 15.2. The number of hydrogen-bond donors (Lipinski definition) is 0. The van der Waals surface area contributed by atoms with Gasteiger partial charge in [-0.05, 0) is 36.8 Å². The van der Waals surface area contributed by atoms with Crippen LogP contribution in [0.5, 0.6) is 11.5 Å². The number of rotatable bonds is 5. The molecule has 0 aliphatic carbocycles. The molecule has 6 nitrogen and oxygen atoms in total. The van der Waals surface area contributed by atoms with Crippen molar-refractivity contribution in [3.8, 4) is 11.5 Å². The molecule has 2 fully saturated rings. The van der Waals surface area contributed by atoms with Gasteiger partial charge in [-0.3, -0.25) is 9.97 Å². The zero-order valence-electron chi connectivity index (χ0n) is 17.3. The fourth-order valence-corrected chi connectivity index (χ4v) is 4.53. The van der Waals surface area contributed by atoms with E-state index >= 15 is 0 Å². The summed E-state index contributed by atoms with van der Waals surface area (Å²) in [6, 6.07) is 10.1. The number of hydrogen-bond acceptors (Lipinski definition) is 6. The minimum Gasteiger partial charge on any atom is -0.457 e. The third-order valence-electron chi connectivity index (χ3n) is 6.07. The molecular formula is C24H25ClN4O2. The Labute approximate surface area is 187 Å². The molecule has 0 amide bonds. The summed E-state index contributed by atoms with van der Waals surface area (Å²) in [5.41, 5.74) is 3.14. The van der Waals surface area contributed by atoms with Crippen LogP contribution in [0.4, 0.5) is 5.69 Å². The average Bonchev–Trinajstić information content (AvgIpc) is 3.31. The van der Waals surface area contributed by atoms with Crippen molar-refractivity contribution < 1.29 is 9.47 Å². The van der Waals surface area contributed by atoms with Gasteiger partial charge in [-0.25, -0.2) is 0 Å². The fourth-order valence-electron chi connectivity index (χ4n) is 4.33. The van der Waals surface area contributed by atoms with E-state index in [2.05, 4.69) is 38.5 Å². The van der Waals surface area contributed by atoms with E-state index in [-0.39, 0.29) is 0 Å². The average molecular weight is 437 g/mol. The van der Waals surface area contributed by atoms with Crippen molar-refractivity contribution in [2.75, 3.05) is 44.3 Å². The lowest BCUT2D eigenvalue weighted by molar-refractivity contribution is 0.0494. The molecular weight excluding hydrogens is 412 g/mol. The maximum Gasteiger partial charge on any atom is 0.139 e. The fraction of sp³-hybridized carbons (Fsp3) is 0.333. The van der Waals surface area contributed by atoms with Crippen LogP contribution < -0.4 is 9.64 Å². The van der Waals surface area contributed by atoms with Gasteiger partial charge >= 0.3 is 0 Å². The molecule has 31 heavy (non-hydrogen) atoms. The smallest absolute Gasteiger partial charge is 0.139 e. The first-order valence-corrected chi connectivity index (χ1v) is 11.0. The van der Waals surface area contributed by atoms with Crippen molar-refractivity contribution in [2.45, 2.75) is 6.42 Å². The maximum atomic E-state index is 6.21. The lowest BCUT2D eigenvalue weighted by Gasteiger charge is -2.33. The molecule has 0 spiro atoms. The molecule has 2 aromatic heterocycles. The van der Waals surface area contributed by atoms with E-state index < -0.39 is 0 Å². The Morgan fingerprint density at radius 1 is 1.10 bits per heavy atom. The third-order valence-corrected chi connectivity index (χ3v) is 6.35. The number of morpholine rings is 1. The van der Waals surface area contributed by atoms with Crippen LogP contribution >= 0.6 is 11.6 Å². The summed E-state index contributed by atoms with van der Waals surface area (Å²) in [5, 5.41) is 1.31. The van der Waals surface area contributed by atoms with Gasteiger partial charge in [-0.1, -0.05) is 18.2 Å². The molecule has 0 radical (unpaired) electrons. The second-order valence-corrected chi connectivity index (χ2v) is 8.35. The second-order valence-electron chi connectivity index (χ2n) is 7.94. The summed E-state index contributed by atoms with van der Waals surface area (Å²) in [4.78, 5) is 13.3. The summed E-state index contributed by atoms with van der Waals surface area (Å²) < 4.78 is 11.6. The topological polar surface area (TPSA) is 50.7 Å². The molecule has 1 unspecified atom stereocenters. The number of benzene rings is 1. The zero-order valence-corrected chi connectivity index (χ0v) is 18.1. The van der Waals surface area contributed by atoms with Crippen LogP contribution in [0.25, 0.3) is 10.9 Å². The van der Waals surface area contributed by atoms with E-state index in [1.807, 2.05) is 18.2 Å². The summed E-state index contributed by atoms with van der Waals surface area (Å²) in [6.45, 7) is 9.91. The molecule has 2 aliphatic rings. The van der Waals surface area contributed by atoms with Crippen LogP contribution in [0.3, 0.4) is 0 Å². The molecule has 5 rings (SSSR count). The van der Waals surface area contributed by atoms with Gasteiger partial charge in [0.25, 0.3) is 0 Å². The number of nitrogens with zero attached hydrogens (tertiary/aromatic N) is 4. The molecule has 7 heteroatoms. The highest BCUT2D eigenvalue weighted by Gasteiger charge is 2.28. The van der Waals surface area contributed by atoms with Crippen LogP contribution in [-0.2, 0) is 4.74 Å². The first kappa shape index (κ1) is 20.1. The Kier molecular flexibility index (Phi) is 5.66. The van der Waals surface area contributed by atoms with Crippen LogP contribution in [-0.4, -0.2) is 54.3 Å². The van der Waals surface area contributed by atoms with Gasteiger partial charge in [0.1, 0.15) is 11.5 Å². The van der Waals surface area contributed by atoms with E-state index in [4.69, 9.17) is 21.1 Å². The molecule has 0 saturated carbocycles. The molecule has 1 atom stereocenters. The van der Waals surface area contributed by atoms with Crippen molar-refractivity contribution >= 4 is 28.2 Å². The normalized spacial score (nSPS) is 19.1. The van der Waals surface area contributed by atoms with E-state index in [1.165, 1.54) is 11.4 Å². The summed E-state index contributed by atoms with van der Waals surface area (Å²) in [6.07, 6.45) is 6.14. The number of pyridine rings is 2. The SMILES string of the molecule is C=C(C1CCN(c2ccc(Oc3ccnc4c(Cl)cncc34)cc2)C1)N1CCOCC1. The lowest BCUT2D eigenvalue weighted by atomic mass is 10.0. The van der Waals surface area contributed by atoms with Gasteiger partial charge in [-0.2, -0.15) is 0 Å². The predicted molar refractivity (Wildman–Crippen MR) is 123 cm³/mol. The molecule has 0 bridgehead atoms. The van der Waals surface area contributed by atoms with E-state index in [0.717, 1.165) is 56.9 Å². The van der Waals surface area contributed by atoms with E-state index in [0.29, 0.717) is 22.2 Å². The Morgan fingerprint density at radius 3 is 2.71 bits per heavy atom. The monoisotopic (exact) mass is 436 g/mol. The van der Waals surface area contributed by atoms with Crippen molar-refractivity contribution in [3.63, 3.8) is 0 Å². The Balaban J connectivity index is 1.26. The minimum atomic E-state index is 0.495. The van der Waals surface area contributed by atoms with Crippen molar-refractivity contribution in [1.29, 1.82) is 0 Å². The first-order valence-electron chi connectivity index (χ1n) is 10.6. The van der Waals surface area contributed by atoms with Gasteiger partial charge in [0.05, 0.1) is 29.1 Å². The molecule has 3 aromatic rings. The van der Waals surface area contributed by atoms with Gasteiger partial charge in [0, 0.05) is 62.1 Å². The van der Waals surface area contributed by atoms with Crippen molar-refractivity contribution in [3.05, 3.63) is 66.2 Å². The standard InChI is InChI=1S/C24H25ClN4O2/c1-17(28-10-12-30-13-11-28)18-7-9-29(16-18)19-2-4-20(5-3-19)31-23-6-8-27-24-21(23)14-26-15-22(24)25/h2-6,8,14-15,18H,1,7,9-13,16H2. The zero-order chi connectivity index (χ0) is 21.2. The second kappa shape index (κ2) is 8.73. The number of fused-ring (bicyclic) bond motifs is 1. The highest BCUT2D eigenvalue weighted by atomic mass is 35.5. The summed E-state index contributed by atoms with van der Waals surface area (Å²) in [7, 11) is 0. The Bertz CT molecular complexity index is 1080. The maximum absolute atomic E-state index is 6.21. The van der Waals surface area contributed by atoms with Gasteiger partial charge in [0.15, 0.2) is 0 Å². The van der Waals surface area contributed by atoms with Gasteiger partial charge in [0.2, 0.25) is 0 Å². The van der Waals surface area contributed by atoms with E-state index in [1.54, 1.807) is 18.6 Å². The minimum absolute atomic E-state index is 0.495. The molecule has 2 saturated heterocycles. The van der Waals surface area contributed by atoms with Gasteiger partial charge < -0.3 is 19.3 Å². The number of aromatic nitrogens is 2. The molecule has 0 N–H and O–H groups in total. The predicted octanol–water partition coefficient (Wildman–Crippen LogP) is 4.75. The van der Waals surface area contributed by atoms with Crippen molar-refractivity contribution in [2.24, 2.45) is 5.92 Å². The number of anilines is 1. The Morgan fingerprint density at radius 2 is 1.90 bits per heavy atom. The lowest BCUT2D eigenvalue weighted by Crippen LogP contribution is -2.38. The van der Waals surface area contributed by atoms with Crippen LogP contribution in [0, 0.1) is 5.92 Å². The van der Waals surface area contributed by atoms with Crippen LogP contribution in [0.2, 0.25) is 5.02 Å². The van der Waals surface area contributed by atoms with Crippen LogP contribution in [0.1, 0.15) is 6.42 Å². The molecule has 2 aliphatic heterocycles. The molecule has 4 heterocycles. The summed E-state index contributed by atoms with van der Waals surface area (Å²) in [5.74, 6) is 1.95. The molecule has 160 valence electrons.